The predicted molar refractivity (Wildman–Crippen MR) is 86.2 cm³/mol. The van der Waals surface area contributed by atoms with E-state index >= 15 is 0 Å². The summed E-state index contributed by atoms with van der Waals surface area (Å²) in [7, 11) is 0. The Hall–Kier alpha value is -2.52. The second-order valence-corrected chi connectivity index (χ2v) is 4.92. The van der Waals surface area contributed by atoms with Crippen LogP contribution in [0.2, 0.25) is 5.02 Å². The van der Waals surface area contributed by atoms with E-state index in [1.165, 1.54) is 6.20 Å². The molecule has 0 unspecified atom stereocenters. The zero-order chi connectivity index (χ0) is 17.1. The summed E-state index contributed by atoms with van der Waals surface area (Å²) in [5, 5.41) is 15.0. The SMILES string of the molecule is CCOC(=O)CCN/C=C(/C#N)C(=O)NCc1ccc(Cl)cc1. The van der Waals surface area contributed by atoms with Gasteiger partial charge < -0.3 is 15.4 Å². The number of benzene rings is 1. The second kappa shape index (κ2) is 10.2. The van der Waals surface area contributed by atoms with Gasteiger partial charge in [0.15, 0.2) is 0 Å². The zero-order valence-corrected chi connectivity index (χ0v) is 13.5. The molecule has 7 heteroatoms. The van der Waals surface area contributed by atoms with Crippen LogP contribution in [0.15, 0.2) is 36.0 Å². The molecule has 1 aromatic rings. The molecule has 0 atom stereocenters. The van der Waals surface area contributed by atoms with Gasteiger partial charge in [-0.1, -0.05) is 23.7 Å². The number of hydrogen-bond acceptors (Lipinski definition) is 5. The molecule has 0 radical (unpaired) electrons. The monoisotopic (exact) mass is 335 g/mol. The van der Waals surface area contributed by atoms with E-state index in [0.29, 0.717) is 11.6 Å². The van der Waals surface area contributed by atoms with Gasteiger partial charge in [0.25, 0.3) is 5.91 Å². The van der Waals surface area contributed by atoms with Gasteiger partial charge >= 0.3 is 5.97 Å². The lowest BCUT2D eigenvalue weighted by Gasteiger charge is -2.05. The summed E-state index contributed by atoms with van der Waals surface area (Å²) in [6, 6.07) is 8.83. The molecular formula is C16H18ClN3O3. The minimum Gasteiger partial charge on any atom is -0.466 e. The number of carbonyl (C=O) groups is 2. The van der Waals surface area contributed by atoms with E-state index in [0.717, 1.165) is 5.56 Å². The first-order valence-electron chi connectivity index (χ1n) is 7.08. The maximum atomic E-state index is 11.9. The lowest BCUT2D eigenvalue weighted by Crippen LogP contribution is -2.25. The number of esters is 1. The number of nitrogens with zero attached hydrogens (tertiary/aromatic N) is 1. The minimum absolute atomic E-state index is 0.0668. The van der Waals surface area contributed by atoms with Crippen LogP contribution in [0, 0.1) is 11.3 Å². The van der Waals surface area contributed by atoms with Gasteiger partial charge in [-0.05, 0) is 24.6 Å². The number of hydrogen-bond donors (Lipinski definition) is 2. The smallest absolute Gasteiger partial charge is 0.307 e. The molecule has 0 aliphatic rings. The molecule has 0 bridgehead atoms. The number of nitrogens with one attached hydrogen (secondary N) is 2. The molecule has 1 rings (SSSR count). The molecule has 0 aromatic heterocycles. The van der Waals surface area contributed by atoms with E-state index in [-0.39, 0.29) is 31.1 Å². The van der Waals surface area contributed by atoms with Gasteiger partial charge in [0.2, 0.25) is 0 Å². The van der Waals surface area contributed by atoms with Crippen LogP contribution in [0.25, 0.3) is 0 Å². The van der Waals surface area contributed by atoms with Crippen molar-refractivity contribution in [3.8, 4) is 6.07 Å². The summed E-state index contributed by atoms with van der Waals surface area (Å²) in [5.41, 5.74) is 0.804. The second-order valence-electron chi connectivity index (χ2n) is 4.49. The summed E-state index contributed by atoms with van der Waals surface area (Å²) in [6.07, 6.45) is 1.45. The summed E-state index contributed by atoms with van der Waals surface area (Å²) in [4.78, 5) is 23.0. The largest absolute Gasteiger partial charge is 0.466 e. The average molecular weight is 336 g/mol. The highest BCUT2D eigenvalue weighted by atomic mass is 35.5. The maximum absolute atomic E-state index is 11.9. The number of ether oxygens (including phenoxy) is 1. The maximum Gasteiger partial charge on any atom is 0.307 e. The fourth-order valence-corrected chi connectivity index (χ4v) is 1.74. The highest BCUT2D eigenvalue weighted by Crippen LogP contribution is 2.09. The molecule has 0 aliphatic carbocycles. The predicted octanol–water partition coefficient (Wildman–Crippen LogP) is 1.91. The third-order valence-corrected chi connectivity index (χ3v) is 3.01. The van der Waals surface area contributed by atoms with Gasteiger partial charge in [-0.25, -0.2) is 0 Å². The third-order valence-electron chi connectivity index (χ3n) is 2.76. The van der Waals surface area contributed by atoms with Crippen LogP contribution in [-0.2, 0) is 20.9 Å². The first-order valence-corrected chi connectivity index (χ1v) is 7.46. The quantitative estimate of drug-likeness (QED) is 0.328. The van der Waals surface area contributed by atoms with Crippen LogP contribution in [0.3, 0.4) is 0 Å². The summed E-state index contributed by atoms with van der Waals surface area (Å²) >= 11 is 5.78. The minimum atomic E-state index is -0.494. The van der Waals surface area contributed by atoms with Crippen LogP contribution in [-0.4, -0.2) is 25.0 Å². The van der Waals surface area contributed by atoms with Gasteiger partial charge in [0.1, 0.15) is 11.6 Å². The summed E-state index contributed by atoms with van der Waals surface area (Å²) in [6.45, 7) is 2.63. The fourth-order valence-electron chi connectivity index (χ4n) is 1.61. The molecule has 0 heterocycles. The van der Waals surface area contributed by atoms with Crippen molar-refractivity contribution in [1.29, 1.82) is 5.26 Å². The average Bonchev–Trinajstić information content (AvgIpc) is 2.54. The topological polar surface area (TPSA) is 91.2 Å². The first kappa shape index (κ1) is 18.5. The van der Waals surface area contributed by atoms with Crippen molar-refractivity contribution in [2.24, 2.45) is 0 Å². The molecule has 0 spiro atoms. The Labute approximate surface area is 140 Å². The van der Waals surface area contributed by atoms with E-state index in [9.17, 15) is 9.59 Å². The Morgan fingerprint density at radius 1 is 1.35 bits per heavy atom. The molecule has 1 amide bonds. The van der Waals surface area contributed by atoms with E-state index in [4.69, 9.17) is 21.6 Å². The normalized spacial score (nSPS) is 10.6. The van der Waals surface area contributed by atoms with Crippen molar-refractivity contribution in [2.75, 3.05) is 13.2 Å². The highest BCUT2D eigenvalue weighted by Gasteiger charge is 2.08. The van der Waals surface area contributed by atoms with Gasteiger partial charge in [0.05, 0.1) is 13.0 Å². The van der Waals surface area contributed by atoms with Crippen molar-refractivity contribution in [3.05, 3.63) is 46.6 Å². The molecule has 1 aromatic carbocycles. The Morgan fingerprint density at radius 3 is 2.65 bits per heavy atom. The van der Waals surface area contributed by atoms with Crippen LogP contribution in [0.1, 0.15) is 18.9 Å². The number of carbonyl (C=O) groups excluding carboxylic acids is 2. The Morgan fingerprint density at radius 2 is 2.04 bits per heavy atom. The van der Waals surface area contributed by atoms with E-state index in [2.05, 4.69) is 10.6 Å². The Kier molecular flexibility index (Phi) is 8.25. The van der Waals surface area contributed by atoms with Gasteiger partial charge in [-0.3, -0.25) is 9.59 Å². The molecule has 2 N–H and O–H groups in total. The van der Waals surface area contributed by atoms with Crippen molar-refractivity contribution in [1.82, 2.24) is 10.6 Å². The lowest BCUT2D eigenvalue weighted by molar-refractivity contribution is -0.142. The summed E-state index contributed by atoms with van der Waals surface area (Å²) < 4.78 is 4.77. The van der Waals surface area contributed by atoms with E-state index < -0.39 is 5.91 Å². The Bertz CT molecular complexity index is 606. The van der Waals surface area contributed by atoms with Crippen LogP contribution < -0.4 is 10.6 Å². The first-order chi connectivity index (χ1) is 11.1. The van der Waals surface area contributed by atoms with Crippen LogP contribution in [0.5, 0.6) is 0 Å². The fraction of sp³-hybridized carbons (Fsp3) is 0.312. The van der Waals surface area contributed by atoms with Crippen LogP contribution in [0.4, 0.5) is 0 Å². The third kappa shape index (κ3) is 7.34. The van der Waals surface area contributed by atoms with E-state index in [1.807, 2.05) is 6.07 Å². The van der Waals surface area contributed by atoms with Crippen LogP contribution >= 0.6 is 11.6 Å². The zero-order valence-electron chi connectivity index (χ0n) is 12.8. The number of amides is 1. The van der Waals surface area contributed by atoms with Crippen molar-refractivity contribution < 1.29 is 14.3 Å². The molecular weight excluding hydrogens is 318 g/mol. The molecule has 0 aliphatic heterocycles. The van der Waals surface area contributed by atoms with Gasteiger partial charge in [-0.15, -0.1) is 0 Å². The van der Waals surface area contributed by atoms with Gasteiger partial charge in [-0.2, -0.15) is 5.26 Å². The number of rotatable bonds is 8. The molecule has 0 fully saturated rings. The summed E-state index contributed by atoms with van der Waals surface area (Å²) in [5.74, 6) is -0.829. The van der Waals surface area contributed by atoms with Crippen molar-refractivity contribution in [2.45, 2.75) is 19.9 Å². The standard InChI is InChI=1S/C16H18ClN3O3/c1-2-23-15(21)7-8-19-11-13(9-18)16(22)20-10-12-3-5-14(17)6-4-12/h3-6,11,19H,2,7-8,10H2,1H3,(H,20,22)/b13-11-. The van der Waals surface area contributed by atoms with Crippen molar-refractivity contribution >= 4 is 23.5 Å². The van der Waals surface area contributed by atoms with Gasteiger partial charge in [0, 0.05) is 24.3 Å². The molecule has 0 saturated carbocycles. The molecule has 6 nitrogen and oxygen atoms in total. The molecule has 23 heavy (non-hydrogen) atoms. The number of nitriles is 1. The lowest BCUT2D eigenvalue weighted by atomic mass is 10.2. The Balaban J connectivity index is 2.42. The van der Waals surface area contributed by atoms with Crippen molar-refractivity contribution in [3.63, 3.8) is 0 Å². The molecule has 122 valence electrons. The highest BCUT2D eigenvalue weighted by molar-refractivity contribution is 6.30. The van der Waals surface area contributed by atoms with E-state index in [1.54, 1.807) is 31.2 Å². The molecule has 0 saturated heterocycles. The number of halogens is 1.